The number of non-ortho nitro benzene ring substituents is 1. The molecule has 1 N–H and O–H groups in total. The van der Waals surface area contributed by atoms with Gasteiger partial charge in [-0.1, -0.05) is 0 Å². The number of benzene rings is 1. The molecular formula is C12H8N4O3. The molecule has 0 atom stereocenters. The summed E-state index contributed by atoms with van der Waals surface area (Å²) in [5, 5.41) is 20.3. The summed E-state index contributed by atoms with van der Waals surface area (Å²) in [5.41, 5.74) is 1.17. The van der Waals surface area contributed by atoms with Crippen LogP contribution >= 0.6 is 0 Å². The van der Waals surface area contributed by atoms with Crippen molar-refractivity contribution in [1.82, 2.24) is 14.4 Å². The first-order chi connectivity index (χ1) is 9.16. The van der Waals surface area contributed by atoms with Gasteiger partial charge in [0.25, 0.3) is 5.69 Å². The van der Waals surface area contributed by atoms with E-state index in [1.807, 2.05) is 0 Å². The zero-order valence-electron chi connectivity index (χ0n) is 9.59. The lowest BCUT2D eigenvalue weighted by Crippen LogP contribution is -1.91. The fourth-order valence-electron chi connectivity index (χ4n) is 1.86. The first-order valence-electron chi connectivity index (χ1n) is 5.42. The predicted octanol–water partition coefficient (Wildman–Crippen LogP) is 2.01. The van der Waals surface area contributed by atoms with E-state index in [2.05, 4.69) is 9.97 Å². The Morgan fingerprint density at radius 3 is 2.68 bits per heavy atom. The molecule has 0 aliphatic rings. The highest BCUT2D eigenvalue weighted by Gasteiger charge is 2.13. The van der Waals surface area contributed by atoms with Crippen molar-refractivity contribution in [2.24, 2.45) is 0 Å². The maximum absolute atomic E-state index is 10.6. The molecule has 0 amide bonds. The molecule has 0 spiro atoms. The Morgan fingerprint density at radius 1 is 1.26 bits per heavy atom. The van der Waals surface area contributed by atoms with Crippen molar-refractivity contribution in [3.8, 4) is 17.3 Å². The number of hydrogen-bond acceptors (Lipinski definition) is 5. The topological polar surface area (TPSA) is 93.6 Å². The number of fused-ring (bicyclic) bond motifs is 1. The summed E-state index contributed by atoms with van der Waals surface area (Å²) in [7, 11) is 0. The molecule has 0 unspecified atom stereocenters. The molecule has 0 saturated heterocycles. The van der Waals surface area contributed by atoms with Crippen molar-refractivity contribution in [3.05, 3.63) is 53.0 Å². The van der Waals surface area contributed by atoms with Crippen molar-refractivity contribution in [3.63, 3.8) is 0 Å². The van der Waals surface area contributed by atoms with Gasteiger partial charge in [-0.2, -0.15) is 4.98 Å². The van der Waals surface area contributed by atoms with Crippen molar-refractivity contribution in [2.75, 3.05) is 0 Å². The monoisotopic (exact) mass is 256 g/mol. The molecule has 3 rings (SSSR count). The maximum Gasteiger partial charge on any atom is 0.269 e. The van der Waals surface area contributed by atoms with Gasteiger partial charge in [-0.05, 0) is 12.1 Å². The van der Waals surface area contributed by atoms with E-state index in [4.69, 9.17) is 0 Å². The molecule has 2 heterocycles. The van der Waals surface area contributed by atoms with E-state index in [0.717, 1.165) is 0 Å². The lowest BCUT2D eigenvalue weighted by atomic mass is 10.2. The Kier molecular flexibility index (Phi) is 2.38. The minimum Gasteiger partial charge on any atom is -0.492 e. The first-order valence-corrected chi connectivity index (χ1v) is 5.42. The van der Waals surface area contributed by atoms with Crippen LogP contribution in [0.15, 0.2) is 42.9 Å². The van der Waals surface area contributed by atoms with Crippen molar-refractivity contribution in [2.45, 2.75) is 0 Å². The SMILES string of the molecule is O=[N+]([O-])c1ccc(-c2nc(O)c3cnccn23)cc1. The molecule has 2 aromatic heterocycles. The number of imidazole rings is 1. The van der Waals surface area contributed by atoms with Crippen LogP contribution in [-0.2, 0) is 0 Å². The zero-order valence-corrected chi connectivity index (χ0v) is 9.59. The number of rotatable bonds is 2. The number of hydrogen-bond donors (Lipinski definition) is 1. The van der Waals surface area contributed by atoms with E-state index in [1.165, 1.54) is 18.3 Å². The Balaban J connectivity index is 2.16. The summed E-state index contributed by atoms with van der Waals surface area (Å²) < 4.78 is 1.67. The Labute approximate surface area is 106 Å². The van der Waals surface area contributed by atoms with E-state index in [9.17, 15) is 15.2 Å². The largest absolute Gasteiger partial charge is 0.492 e. The molecule has 0 saturated carbocycles. The maximum atomic E-state index is 10.6. The van der Waals surface area contributed by atoms with Gasteiger partial charge in [0.1, 0.15) is 11.3 Å². The molecule has 0 bridgehead atoms. The summed E-state index contributed by atoms with van der Waals surface area (Å²) in [4.78, 5) is 18.1. The highest BCUT2D eigenvalue weighted by atomic mass is 16.6. The van der Waals surface area contributed by atoms with Crippen molar-refractivity contribution >= 4 is 11.2 Å². The Hall–Kier alpha value is -2.96. The molecule has 1 aromatic carbocycles. The zero-order chi connectivity index (χ0) is 13.4. The molecule has 0 aliphatic carbocycles. The van der Waals surface area contributed by atoms with Gasteiger partial charge in [-0.25, -0.2) is 0 Å². The van der Waals surface area contributed by atoms with Crippen LogP contribution < -0.4 is 0 Å². The highest BCUT2D eigenvalue weighted by Crippen LogP contribution is 2.26. The quantitative estimate of drug-likeness (QED) is 0.559. The Morgan fingerprint density at radius 2 is 2.00 bits per heavy atom. The molecule has 7 nitrogen and oxygen atoms in total. The van der Waals surface area contributed by atoms with Crippen molar-refractivity contribution < 1.29 is 10.0 Å². The molecule has 0 radical (unpaired) electrons. The number of nitrogens with zero attached hydrogens (tertiary/aromatic N) is 4. The number of aromatic nitrogens is 3. The highest BCUT2D eigenvalue weighted by molar-refractivity contribution is 5.67. The molecule has 7 heteroatoms. The third-order valence-corrected chi connectivity index (χ3v) is 2.76. The van der Waals surface area contributed by atoms with Crippen LogP contribution in [0.2, 0.25) is 0 Å². The van der Waals surface area contributed by atoms with Gasteiger partial charge >= 0.3 is 0 Å². The van der Waals surface area contributed by atoms with Crippen LogP contribution in [0.4, 0.5) is 5.69 Å². The van der Waals surface area contributed by atoms with Crippen LogP contribution in [0.5, 0.6) is 5.88 Å². The number of nitro benzene ring substituents is 1. The first kappa shape index (κ1) is 11.1. The van der Waals surface area contributed by atoms with Gasteiger partial charge in [0.15, 0.2) is 0 Å². The average Bonchev–Trinajstić information content (AvgIpc) is 2.77. The van der Waals surface area contributed by atoms with E-state index in [0.29, 0.717) is 16.9 Å². The third-order valence-electron chi connectivity index (χ3n) is 2.76. The van der Waals surface area contributed by atoms with E-state index in [-0.39, 0.29) is 11.6 Å². The molecule has 94 valence electrons. The van der Waals surface area contributed by atoms with Crippen LogP contribution in [0, 0.1) is 10.1 Å². The summed E-state index contributed by atoms with van der Waals surface area (Å²) in [5.74, 6) is 0.381. The smallest absolute Gasteiger partial charge is 0.269 e. The van der Waals surface area contributed by atoms with Gasteiger partial charge in [-0.15, -0.1) is 0 Å². The molecule has 0 fully saturated rings. The number of aromatic hydroxyl groups is 1. The fraction of sp³-hybridized carbons (Fsp3) is 0. The minimum absolute atomic E-state index is 0.00972. The van der Waals surface area contributed by atoms with Crippen LogP contribution in [0.25, 0.3) is 16.9 Å². The second-order valence-corrected chi connectivity index (χ2v) is 3.89. The second-order valence-electron chi connectivity index (χ2n) is 3.89. The third kappa shape index (κ3) is 1.77. The Bertz CT molecular complexity index is 764. The van der Waals surface area contributed by atoms with Gasteiger partial charge < -0.3 is 5.11 Å². The van der Waals surface area contributed by atoms with E-state index >= 15 is 0 Å². The van der Waals surface area contributed by atoms with Gasteiger partial charge in [0, 0.05) is 30.1 Å². The summed E-state index contributed by atoms with van der Waals surface area (Å²) in [6, 6.07) is 5.98. The summed E-state index contributed by atoms with van der Waals surface area (Å²) in [6.45, 7) is 0. The normalized spacial score (nSPS) is 10.7. The van der Waals surface area contributed by atoms with Crippen LogP contribution in [-0.4, -0.2) is 24.4 Å². The predicted molar refractivity (Wildman–Crippen MR) is 66.7 cm³/mol. The lowest BCUT2D eigenvalue weighted by Gasteiger charge is -2.00. The summed E-state index contributed by atoms with van der Waals surface area (Å²) >= 11 is 0. The lowest BCUT2D eigenvalue weighted by molar-refractivity contribution is -0.384. The average molecular weight is 256 g/mol. The molecular weight excluding hydrogens is 248 g/mol. The molecule has 0 aliphatic heterocycles. The second kappa shape index (κ2) is 4.05. The fourth-order valence-corrected chi connectivity index (χ4v) is 1.86. The van der Waals surface area contributed by atoms with Crippen molar-refractivity contribution in [1.29, 1.82) is 0 Å². The van der Waals surface area contributed by atoms with Crippen LogP contribution in [0.1, 0.15) is 0 Å². The molecule has 3 aromatic rings. The standard InChI is InChI=1S/C12H8N4O3/c17-12-10-7-13-5-6-15(10)11(14-12)8-1-3-9(4-2-8)16(18)19/h1-7,17H. The van der Waals surface area contributed by atoms with E-state index < -0.39 is 4.92 Å². The van der Waals surface area contributed by atoms with Gasteiger partial charge in [0.05, 0.1) is 11.1 Å². The van der Waals surface area contributed by atoms with E-state index in [1.54, 1.807) is 28.9 Å². The van der Waals surface area contributed by atoms with Crippen LogP contribution in [0.3, 0.4) is 0 Å². The van der Waals surface area contributed by atoms with Gasteiger partial charge in [0.2, 0.25) is 5.88 Å². The summed E-state index contributed by atoms with van der Waals surface area (Å²) in [6.07, 6.45) is 4.74. The minimum atomic E-state index is -0.463. The van der Waals surface area contributed by atoms with Gasteiger partial charge in [-0.3, -0.25) is 19.5 Å². The number of nitro groups is 1. The molecule has 19 heavy (non-hydrogen) atoms.